The molecular weight excluding hydrogens is 267 g/mol. The number of hydrogen-bond donors (Lipinski definition) is 1. The highest BCUT2D eigenvalue weighted by Crippen LogP contribution is 2.24. The summed E-state index contributed by atoms with van der Waals surface area (Å²) in [7, 11) is 0. The fraction of sp³-hybridized carbons (Fsp3) is 0.471. The van der Waals surface area contributed by atoms with Gasteiger partial charge in [0.1, 0.15) is 5.82 Å². The number of likely N-dealkylation sites (tertiary alicyclic amines) is 1. The maximum Gasteiger partial charge on any atom is 0.223 e. The van der Waals surface area contributed by atoms with Gasteiger partial charge in [0.25, 0.3) is 0 Å². The van der Waals surface area contributed by atoms with Gasteiger partial charge in [0.05, 0.1) is 12.1 Å². The Hall–Kier alpha value is -1.86. The zero-order chi connectivity index (χ0) is 15.2. The molecule has 112 valence electrons. The maximum absolute atomic E-state index is 13.6. The highest BCUT2D eigenvalue weighted by Gasteiger charge is 2.28. The quantitative estimate of drug-likeness (QED) is 0.864. The van der Waals surface area contributed by atoms with Crippen LogP contribution in [0.1, 0.15) is 37.3 Å². The Bertz CT molecular complexity index is 574. The SMILES string of the molecule is CCCC1CC(=O)N(Cc2ccc(F)c(C#CCN)c2)C1. The van der Waals surface area contributed by atoms with Gasteiger partial charge in [-0.25, -0.2) is 4.39 Å². The molecule has 2 rings (SSSR count). The van der Waals surface area contributed by atoms with Crippen molar-refractivity contribution < 1.29 is 9.18 Å². The van der Waals surface area contributed by atoms with Crippen LogP contribution in [0.4, 0.5) is 4.39 Å². The van der Waals surface area contributed by atoms with Crippen LogP contribution in [-0.2, 0) is 11.3 Å². The summed E-state index contributed by atoms with van der Waals surface area (Å²) in [4.78, 5) is 13.8. The minimum absolute atomic E-state index is 0.187. The first-order valence-electron chi connectivity index (χ1n) is 7.39. The van der Waals surface area contributed by atoms with Crippen molar-refractivity contribution in [3.8, 4) is 11.8 Å². The molecule has 4 heteroatoms. The fourth-order valence-electron chi connectivity index (χ4n) is 2.74. The van der Waals surface area contributed by atoms with Crippen LogP contribution in [0.15, 0.2) is 18.2 Å². The Labute approximate surface area is 125 Å². The van der Waals surface area contributed by atoms with Gasteiger partial charge in [0.15, 0.2) is 0 Å². The number of hydrogen-bond acceptors (Lipinski definition) is 2. The number of nitrogens with zero attached hydrogens (tertiary/aromatic N) is 1. The summed E-state index contributed by atoms with van der Waals surface area (Å²) in [6.45, 7) is 3.66. The summed E-state index contributed by atoms with van der Waals surface area (Å²) in [5, 5.41) is 0. The number of carbonyl (C=O) groups is 1. The number of rotatable bonds is 4. The van der Waals surface area contributed by atoms with Crippen LogP contribution in [0.3, 0.4) is 0 Å². The molecule has 0 bridgehead atoms. The van der Waals surface area contributed by atoms with Crippen LogP contribution in [0.2, 0.25) is 0 Å². The van der Waals surface area contributed by atoms with Crippen LogP contribution >= 0.6 is 0 Å². The highest BCUT2D eigenvalue weighted by molar-refractivity contribution is 5.78. The van der Waals surface area contributed by atoms with E-state index in [0.29, 0.717) is 24.4 Å². The van der Waals surface area contributed by atoms with Gasteiger partial charge >= 0.3 is 0 Å². The van der Waals surface area contributed by atoms with Crippen LogP contribution in [0.5, 0.6) is 0 Å². The second kappa shape index (κ2) is 7.24. The van der Waals surface area contributed by atoms with E-state index in [9.17, 15) is 9.18 Å². The van der Waals surface area contributed by atoms with Crippen molar-refractivity contribution >= 4 is 5.91 Å². The van der Waals surface area contributed by atoms with Gasteiger partial charge < -0.3 is 10.6 Å². The lowest BCUT2D eigenvalue weighted by atomic mass is 10.0. The number of amides is 1. The molecule has 1 saturated heterocycles. The standard InChI is InChI=1S/C17H21FN2O/c1-2-4-13-10-17(21)20(11-13)12-14-6-7-16(18)15(9-14)5-3-8-19/h6-7,9,13H,2,4,8,10-12,19H2,1H3. The Morgan fingerprint density at radius 3 is 3.00 bits per heavy atom. The molecule has 1 unspecified atom stereocenters. The molecule has 1 atom stereocenters. The fourth-order valence-corrected chi connectivity index (χ4v) is 2.74. The molecule has 1 amide bonds. The van der Waals surface area contributed by atoms with Gasteiger partial charge in [-0.1, -0.05) is 31.3 Å². The first-order valence-corrected chi connectivity index (χ1v) is 7.39. The number of carbonyl (C=O) groups excluding carboxylic acids is 1. The van der Waals surface area contributed by atoms with E-state index < -0.39 is 0 Å². The molecule has 1 aromatic rings. The first-order chi connectivity index (χ1) is 10.1. The van der Waals surface area contributed by atoms with Crippen molar-refractivity contribution in [3.63, 3.8) is 0 Å². The van der Waals surface area contributed by atoms with Crippen LogP contribution in [0.25, 0.3) is 0 Å². The molecule has 0 aromatic heterocycles. The minimum Gasteiger partial charge on any atom is -0.338 e. The molecule has 0 aliphatic carbocycles. The molecule has 1 aliphatic heterocycles. The lowest BCUT2D eigenvalue weighted by Crippen LogP contribution is -2.24. The third kappa shape index (κ3) is 4.05. The Kier molecular flexibility index (Phi) is 5.35. The second-order valence-electron chi connectivity index (χ2n) is 5.45. The van der Waals surface area contributed by atoms with Gasteiger partial charge in [-0.3, -0.25) is 4.79 Å². The largest absolute Gasteiger partial charge is 0.338 e. The van der Waals surface area contributed by atoms with E-state index in [-0.39, 0.29) is 18.3 Å². The van der Waals surface area contributed by atoms with Crippen molar-refractivity contribution in [3.05, 3.63) is 35.1 Å². The number of halogens is 1. The zero-order valence-corrected chi connectivity index (χ0v) is 12.4. The molecule has 0 radical (unpaired) electrons. The molecule has 0 spiro atoms. The van der Waals surface area contributed by atoms with Crippen LogP contribution in [-0.4, -0.2) is 23.9 Å². The van der Waals surface area contributed by atoms with Crippen LogP contribution < -0.4 is 5.73 Å². The molecule has 3 nitrogen and oxygen atoms in total. The third-order valence-corrected chi connectivity index (χ3v) is 3.72. The van der Waals surface area contributed by atoms with E-state index in [1.165, 1.54) is 6.07 Å². The monoisotopic (exact) mass is 288 g/mol. The summed E-state index contributed by atoms with van der Waals surface area (Å²) >= 11 is 0. The Morgan fingerprint density at radius 2 is 2.29 bits per heavy atom. The van der Waals surface area contributed by atoms with Gasteiger partial charge in [-0.05, 0) is 30.0 Å². The molecule has 2 N–H and O–H groups in total. The molecule has 1 heterocycles. The van der Waals surface area contributed by atoms with E-state index in [1.807, 2.05) is 4.90 Å². The number of nitrogens with two attached hydrogens (primary N) is 1. The summed E-state index contributed by atoms with van der Waals surface area (Å²) in [5.41, 5.74) is 6.56. The Morgan fingerprint density at radius 1 is 1.48 bits per heavy atom. The van der Waals surface area contributed by atoms with Gasteiger partial charge in [-0.2, -0.15) is 0 Å². The molecule has 0 saturated carbocycles. The summed E-state index contributed by atoms with van der Waals surface area (Å²) in [5.74, 6) is 5.68. The average Bonchev–Trinajstić information content (AvgIpc) is 2.80. The van der Waals surface area contributed by atoms with E-state index >= 15 is 0 Å². The topological polar surface area (TPSA) is 46.3 Å². The Balaban J connectivity index is 2.08. The maximum atomic E-state index is 13.6. The predicted octanol–water partition coefficient (Wildman–Crippen LogP) is 2.28. The van der Waals surface area contributed by atoms with Crippen molar-refractivity contribution in [2.24, 2.45) is 11.7 Å². The molecule has 21 heavy (non-hydrogen) atoms. The lowest BCUT2D eigenvalue weighted by Gasteiger charge is -2.17. The summed E-state index contributed by atoms with van der Waals surface area (Å²) in [6, 6.07) is 4.82. The average molecular weight is 288 g/mol. The van der Waals surface area contributed by atoms with Crippen LogP contribution in [0, 0.1) is 23.6 Å². The second-order valence-corrected chi connectivity index (χ2v) is 5.45. The van der Waals surface area contributed by atoms with Gasteiger partial charge in [0, 0.05) is 19.5 Å². The lowest BCUT2D eigenvalue weighted by molar-refractivity contribution is -0.128. The molecule has 1 aliphatic rings. The smallest absolute Gasteiger partial charge is 0.223 e. The summed E-state index contributed by atoms with van der Waals surface area (Å²) < 4.78 is 13.6. The van der Waals surface area contributed by atoms with Gasteiger partial charge in [-0.15, -0.1) is 0 Å². The van der Waals surface area contributed by atoms with E-state index in [2.05, 4.69) is 18.8 Å². The molecule has 1 aromatic carbocycles. The third-order valence-electron chi connectivity index (χ3n) is 3.72. The van der Waals surface area contributed by atoms with E-state index in [4.69, 9.17) is 5.73 Å². The number of benzene rings is 1. The predicted molar refractivity (Wildman–Crippen MR) is 80.8 cm³/mol. The molecule has 1 fully saturated rings. The van der Waals surface area contributed by atoms with E-state index in [0.717, 1.165) is 24.9 Å². The van der Waals surface area contributed by atoms with Crippen molar-refractivity contribution in [1.29, 1.82) is 0 Å². The van der Waals surface area contributed by atoms with Crippen molar-refractivity contribution in [1.82, 2.24) is 4.90 Å². The summed E-state index contributed by atoms with van der Waals surface area (Å²) in [6.07, 6.45) is 2.81. The normalized spacial score (nSPS) is 17.8. The van der Waals surface area contributed by atoms with Gasteiger partial charge in [0.2, 0.25) is 5.91 Å². The highest BCUT2D eigenvalue weighted by atomic mass is 19.1. The molecular formula is C17H21FN2O. The van der Waals surface area contributed by atoms with Crippen molar-refractivity contribution in [2.45, 2.75) is 32.7 Å². The zero-order valence-electron chi connectivity index (χ0n) is 12.4. The van der Waals surface area contributed by atoms with Crippen molar-refractivity contribution in [2.75, 3.05) is 13.1 Å². The minimum atomic E-state index is -0.351. The van der Waals surface area contributed by atoms with E-state index in [1.54, 1.807) is 12.1 Å². The first kappa shape index (κ1) is 15.5.